The summed E-state index contributed by atoms with van der Waals surface area (Å²) in [5, 5.41) is 0. The van der Waals surface area contributed by atoms with Crippen molar-refractivity contribution in [1.29, 1.82) is 0 Å². The molecule has 102 valence electrons. The van der Waals surface area contributed by atoms with Gasteiger partial charge in [0.1, 0.15) is 6.10 Å². The quantitative estimate of drug-likeness (QED) is 0.567. The van der Waals surface area contributed by atoms with Gasteiger partial charge < -0.3 is 4.74 Å². The third-order valence-electron chi connectivity index (χ3n) is 2.89. The smallest absolute Gasteiger partial charge is 0.243 e. The van der Waals surface area contributed by atoms with Crippen LogP contribution < -0.4 is 0 Å². The van der Waals surface area contributed by atoms with Gasteiger partial charge in [0.2, 0.25) is 10.0 Å². The molecule has 1 unspecified atom stereocenters. The summed E-state index contributed by atoms with van der Waals surface area (Å²) in [5.74, 6) is 0. The zero-order valence-corrected chi connectivity index (χ0v) is 11.5. The van der Waals surface area contributed by atoms with E-state index in [1.165, 1.54) is 4.31 Å². The average Bonchev–Trinajstić information content (AvgIpc) is 3.23. The normalized spacial score (nSPS) is 18.3. The molecule has 0 radical (unpaired) electrons. The summed E-state index contributed by atoms with van der Waals surface area (Å²) in [6.07, 6.45) is 3.26. The van der Waals surface area contributed by atoms with Crippen LogP contribution >= 0.6 is 0 Å². The molecule has 19 heavy (non-hydrogen) atoms. The molecule has 0 spiro atoms. The summed E-state index contributed by atoms with van der Waals surface area (Å²) >= 11 is 0. The summed E-state index contributed by atoms with van der Waals surface area (Å²) in [4.78, 5) is 0.278. The number of epoxide rings is 1. The van der Waals surface area contributed by atoms with Gasteiger partial charge >= 0.3 is 0 Å². The Balaban J connectivity index is 2.25. The Morgan fingerprint density at radius 2 is 1.74 bits per heavy atom. The number of rotatable bonds is 7. The van der Waals surface area contributed by atoms with Crippen LogP contribution in [0, 0.1) is 0 Å². The lowest BCUT2D eigenvalue weighted by Crippen LogP contribution is -2.31. The molecule has 1 aromatic carbocycles. The third-order valence-corrected chi connectivity index (χ3v) is 4.73. The van der Waals surface area contributed by atoms with Crippen LogP contribution in [0.1, 0.15) is 11.7 Å². The van der Waals surface area contributed by atoms with Gasteiger partial charge in [0.15, 0.2) is 0 Å². The second kappa shape index (κ2) is 5.69. The average molecular weight is 279 g/mol. The monoisotopic (exact) mass is 279 g/mol. The maximum atomic E-state index is 12.4. The Morgan fingerprint density at radius 1 is 1.21 bits per heavy atom. The van der Waals surface area contributed by atoms with Crippen molar-refractivity contribution in [2.45, 2.75) is 11.0 Å². The summed E-state index contributed by atoms with van der Waals surface area (Å²) < 4.78 is 31.3. The standard InChI is InChI=1S/C14H17NO3S/c1-3-9-15(10-4-2)19(16,17)13-7-5-12(6-8-13)14-11-18-14/h3-8,14H,1-2,9-11H2. The highest BCUT2D eigenvalue weighted by Gasteiger charge is 2.26. The molecule has 1 saturated heterocycles. The summed E-state index contributed by atoms with van der Waals surface area (Å²) in [5.41, 5.74) is 1.01. The highest BCUT2D eigenvalue weighted by atomic mass is 32.2. The molecule has 5 heteroatoms. The summed E-state index contributed by atoms with van der Waals surface area (Å²) in [7, 11) is -3.50. The van der Waals surface area contributed by atoms with Gasteiger partial charge in [-0.05, 0) is 17.7 Å². The van der Waals surface area contributed by atoms with Gasteiger partial charge in [0, 0.05) is 13.1 Å². The largest absolute Gasteiger partial charge is 0.368 e. The van der Waals surface area contributed by atoms with Crippen molar-refractivity contribution in [3.05, 3.63) is 55.1 Å². The van der Waals surface area contributed by atoms with Crippen LogP contribution in [0.15, 0.2) is 54.5 Å². The second-order valence-electron chi connectivity index (χ2n) is 4.29. The molecule has 1 fully saturated rings. The molecule has 1 aromatic rings. The SMILES string of the molecule is C=CCN(CC=C)S(=O)(=O)c1ccc(C2CO2)cc1. The molecule has 0 saturated carbocycles. The maximum absolute atomic E-state index is 12.4. The number of benzene rings is 1. The van der Waals surface area contributed by atoms with Crippen molar-refractivity contribution < 1.29 is 13.2 Å². The van der Waals surface area contributed by atoms with Gasteiger partial charge in [-0.3, -0.25) is 0 Å². The second-order valence-corrected chi connectivity index (χ2v) is 6.23. The lowest BCUT2D eigenvalue weighted by Gasteiger charge is -2.19. The Morgan fingerprint density at radius 3 is 2.16 bits per heavy atom. The number of sulfonamides is 1. The van der Waals surface area contributed by atoms with Crippen LogP contribution in [-0.2, 0) is 14.8 Å². The van der Waals surface area contributed by atoms with Crippen LogP contribution in [0.25, 0.3) is 0 Å². The van der Waals surface area contributed by atoms with E-state index in [4.69, 9.17) is 4.74 Å². The zero-order chi connectivity index (χ0) is 13.9. The number of hydrogen-bond acceptors (Lipinski definition) is 3. The Bertz CT molecular complexity index is 549. The molecule has 0 aromatic heterocycles. The molecule has 0 N–H and O–H groups in total. The predicted octanol–water partition coefficient (Wildman–Crippen LogP) is 2.12. The Hall–Kier alpha value is -1.43. The van der Waals surface area contributed by atoms with Gasteiger partial charge in [-0.1, -0.05) is 24.3 Å². The van der Waals surface area contributed by atoms with E-state index >= 15 is 0 Å². The minimum atomic E-state index is -3.50. The van der Waals surface area contributed by atoms with Crippen molar-refractivity contribution in [2.24, 2.45) is 0 Å². The van der Waals surface area contributed by atoms with E-state index in [0.29, 0.717) is 6.61 Å². The Kier molecular flexibility index (Phi) is 4.19. The minimum absolute atomic E-state index is 0.134. The fourth-order valence-corrected chi connectivity index (χ4v) is 3.18. The van der Waals surface area contributed by atoms with Gasteiger partial charge in [-0.15, -0.1) is 13.2 Å². The van der Waals surface area contributed by atoms with Crippen molar-refractivity contribution in [3.8, 4) is 0 Å². The fourth-order valence-electron chi connectivity index (χ4n) is 1.80. The molecular formula is C14H17NO3S. The van der Waals surface area contributed by atoms with Gasteiger partial charge in [0.05, 0.1) is 11.5 Å². The highest BCUT2D eigenvalue weighted by Crippen LogP contribution is 2.30. The molecule has 2 rings (SSSR count). The topological polar surface area (TPSA) is 49.9 Å². The van der Waals surface area contributed by atoms with E-state index in [1.807, 2.05) is 0 Å². The van der Waals surface area contributed by atoms with Crippen LogP contribution in [0.2, 0.25) is 0 Å². The minimum Gasteiger partial charge on any atom is -0.368 e. The molecule has 1 aliphatic rings. The number of hydrogen-bond donors (Lipinski definition) is 0. The van der Waals surface area contributed by atoms with Gasteiger partial charge in [0.25, 0.3) is 0 Å². The number of ether oxygens (including phenoxy) is 1. The van der Waals surface area contributed by atoms with E-state index < -0.39 is 10.0 Å². The van der Waals surface area contributed by atoms with Crippen LogP contribution in [0.4, 0.5) is 0 Å². The molecular weight excluding hydrogens is 262 g/mol. The van der Waals surface area contributed by atoms with E-state index in [9.17, 15) is 8.42 Å². The van der Waals surface area contributed by atoms with E-state index in [1.54, 1.807) is 36.4 Å². The van der Waals surface area contributed by atoms with Crippen molar-refractivity contribution in [3.63, 3.8) is 0 Å². The van der Waals surface area contributed by atoms with Gasteiger partial charge in [-0.25, -0.2) is 8.42 Å². The molecule has 1 heterocycles. The van der Waals surface area contributed by atoms with Crippen LogP contribution in [0.3, 0.4) is 0 Å². The lowest BCUT2D eigenvalue weighted by molar-refractivity contribution is 0.415. The summed E-state index contributed by atoms with van der Waals surface area (Å²) in [6.45, 7) is 8.40. The summed E-state index contributed by atoms with van der Waals surface area (Å²) in [6, 6.07) is 6.83. The van der Waals surface area contributed by atoms with Crippen molar-refractivity contribution in [2.75, 3.05) is 19.7 Å². The first-order valence-corrected chi connectivity index (χ1v) is 7.47. The maximum Gasteiger partial charge on any atom is 0.243 e. The first-order chi connectivity index (χ1) is 9.09. The highest BCUT2D eigenvalue weighted by molar-refractivity contribution is 7.89. The zero-order valence-electron chi connectivity index (χ0n) is 10.7. The van der Waals surface area contributed by atoms with Gasteiger partial charge in [-0.2, -0.15) is 4.31 Å². The third kappa shape index (κ3) is 3.12. The fraction of sp³-hybridized carbons (Fsp3) is 0.286. The van der Waals surface area contributed by atoms with Crippen molar-refractivity contribution in [1.82, 2.24) is 4.31 Å². The molecule has 0 amide bonds. The predicted molar refractivity (Wildman–Crippen MR) is 74.3 cm³/mol. The van der Waals surface area contributed by atoms with E-state index in [2.05, 4.69) is 13.2 Å². The number of nitrogens with zero attached hydrogens (tertiary/aromatic N) is 1. The van der Waals surface area contributed by atoms with Crippen molar-refractivity contribution >= 4 is 10.0 Å². The van der Waals surface area contributed by atoms with E-state index in [-0.39, 0.29) is 24.1 Å². The lowest BCUT2D eigenvalue weighted by atomic mass is 10.2. The van der Waals surface area contributed by atoms with Crippen LogP contribution in [-0.4, -0.2) is 32.4 Å². The first-order valence-electron chi connectivity index (χ1n) is 6.03. The molecule has 4 nitrogen and oxygen atoms in total. The molecule has 1 atom stereocenters. The Labute approximate surface area is 114 Å². The van der Waals surface area contributed by atoms with E-state index in [0.717, 1.165) is 5.56 Å². The first kappa shape index (κ1) is 14.0. The van der Waals surface area contributed by atoms with Crippen LogP contribution in [0.5, 0.6) is 0 Å². The molecule has 1 aliphatic heterocycles. The molecule has 0 bridgehead atoms. The molecule has 0 aliphatic carbocycles.